The Bertz CT molecular complexity index is 395. The van der Waals surface area contributed by atoms with E-state index in [0.29, 0.717) is 25.7 Å². The van der Waals surface area contributed by atoms with Crippen molar-refractivity contribution in [2.45, 2.75) is 26.0 Å². The van der Waals surface area contributed by atoms with E-state index in [0.717, 1.165) is 17.9 Å². The van der Waals surface area contributed by atoms with Crippen molar-refractivity contribution in [3.63, 3.8) is 0 Å². The van der Waals surface area contributed by atoms with Crippen LogP contribution in [0.4, 0.5) is 0 Å². The Labute approximate surface area is 114 Å². The maximum Gasteiger partial charge on any atom is 0.124 e. The predicted octanol–water partition coefficient (Wildman–Crippen LogP) is 2.14. The van der Waals surface area contributed by atoms with Gasteiger partial charge in [0, 0.05) is 12.2 Å². The van der Waals surface area contributed by atoms with E-state index in [4.69, 9.17) is 19.9 Å². The van der Waals surface area contributed by atoms with Crippen molar-refractivity contribution in [3.05, 3.63) is 29.8 Å². The summed E-state index contributed by atoms with van der Waals surface area (Å²) < 4.78 is 16.9. The van der Waals surface area contributed by atoms with Crippen molar-refractivity contribution in [2.24, 2.45) is 11.7 Å². The van der Waals surface area contributed by atoms with Gasteiger partial charge in [-0.15, -0.1) is 0 Å². The molecule has 0 spiro atoms. The van der Waals surface area contributed by atoms with Crippen LogP contribution in [0, 0.1) is 5.92 Å². The van der Waals surface area contributed by atoms with Crippen LogP contribution in [-0.2, 0) is 9.47 Å². The van der Waals surface area contributed by atoms with Gasteiger partial charge in [-0.1, -0.05) is 32.0 Å². The molecule has 0 amide bonds. The van der Waals surface area contributed by atoms with Gasteiger partial charge in [-0.25, -0.2) is 0 Å². The summed E-state index contributed by atoms with van der Waals surface area (Å²) in [6, 6.07) is 7.72. The minimum Gasteiger partial charge on any atom is -0.490 e. The van der Waals surface area contributed by atoms with Crippen LogP contribution in [0.3, 0.4) is 0 Å². The highest BCUT2D eigenvalue weighted by molar-refractivity contribution is 5.38. The number of nitrogens with two attached hydrogens (primary N) is 1. The molecule has 106 valence electrons. The molecule has 4 nitrogen and oxygen atoms in total. The molecule has 4 heteroatoms. The Kier molecular flexibility index (Phi) is 5.19. The highest BCUT2D eigenvalue weighted by Gasteiger charge is 2.28. The lowest BCUT2D eigenvalue weighted by Crippen LogP contribution is -2.38. The SMILES string of the molecule is CC(C)COCCOC1COc2ccccc2C1N. The summed E-state index contributed by atoms with van der Waals surface area (Å²) in [5.41, 5.74) is 7.22. The van der Waals surface area contributed by atoms with E-state index >= 15 is 0 Å². The number of hydrogen-bond acceptors (Lipinski definition) is 4. The van der Waals surface area contributed by atoms with E-state index < -0.39 is 0 Å². The number of benzene rings is 1. The van der Waals surface area contributed by atoms with Gasteiger partial charge in [-0.05, 0) is 12.0 Å². The molecule has 2 atom stereocenters. The standard InChI is InChI=1S/C15H23NO3/c1-11(2)9-17-7-8-18-14-10-19-13-6-4-3-5-12(13)15(14)16/h3-6,11,14-15H,7-10,16H2,1-2H3. The zero-order chi connectivity index (χ0) is 13.7. The third-order valence-electron chi connectivity index (χ3n) is 3.09. The molecule has 2 unspecified atom stereocenters. The van der Waals surface area contributed by atoms with Gasteiger partial charge in [-0.3, -0.25) is 0 Å². The van der Waals surface area contributed by atoms with E-state index in [-0.39, 0.29) is 12.1 Å². The summed E-state index contributed by atoms with van der Waals surface area (Å²) in [5.74, 6) is 1.41. The van der Waals surface area contributed by atoms with Gasteiger partial charge in [0.25, 0.3) is 0 Å². The third kappa shape index (κ3) is 3.93. The Hall–Kier alpha value is -1.10. The summed E-state index contributed by atoms with van der Waals surface area (Å²) in [5, 5.41) is 0. The first-order valence-electron chi connectivity index (χ1n) is 6.85. The molecule has 1 heterocycles. The minimum absolute atomic E-state index is 0.0995. The molecule has 0 fully saturated rings. The van der Waals surface area contributed by atoms with E-state index in [1.165, 1.54) is 0 Å². The number of ether oxygens (including phenoxy) is 3. The van der Waals surface area contributed by atoms with Crippen LogP contribution in [0.2, 0.25) is 0 Å². The second-order valence-electron chi connectivity index (χ2n) is 5.25. The van der Waals surface area contributed by atoms with E-state index in [1.807, 2.05) is 24.3 Å². The molecule has 0 aromatic heterocycles. The molecule has 0 saturated heterocycles. The topological polar surface area (TPSA) is 53.7 Å². The number of hydrogen-bond donors (Lipinski definition) is 1. The molecule has 1 aromatic carbocycles. The number of para-hydroxylation sites is 1. The lowest BCUT2D eigenvalue weighted by atomic mass is 9.99. The van der Waals surface area contributed by atoms with Crippen LogP contribution in [-0.4, -0.2) is 32.5 Å². The van der Waals surface area contributed by atoms with E-state index in [1.54, 1.807) is 0 Å². The van der Waals surface area contributed by atoms with Crippen molar-refractivity contribution in [3.8, 4) is 5.75 Å². The van der Waals surface area contributed by atoms with Crippen LogP contribution in [0.15, 0.2) is 24.3 Å². The first kappa shape index (κ1) is 14.3. The molecule has 0 aliphatic carbocycles. The minimum atomic E-state index is -0.130. The summed E-state index contributed by atoms with van der Waals surface area (Å²) in [7, 11) is 0. The van der Waals surface area contributed by atoms with Crippen LogP contribution >= 0.6 is 0 Å². The highest BCUT2D eigenvalue weighted by atomic mass is 16.6. The molecule has 0 saturated carbocycles. The molecule has 1 aliphatic rings. The van der Waals surface area contributed by atoms with Crippen LogP contribution in [0.25, 0.3) is 0 Å². The molecule has 0 bridgehead atoms. The Morgan fingerprint density at radius 2 is 2.11 bits per heavy atom. The lowest BCUT2D eigenvalue weighted by molar-refractivity contribution is -0.0361. The summed E-state index contributed by atoms with van der Waals surface area (Å²) in [4.78, 5) is 0. The fourth-order valence-electron chi connectivity index (χ4n) is 2.09. The molecule has 0 radical (unpaired) electrons. The second-order valence-corrected chi connectivity index (χ2v) is 5.25. The van der Waals surface area contributed by atoms with Crippen molar-refractivity contribution in [1.82, 2.24) is 0 Å². The fourth-order valence-corrected chi connectivity index (χ4v) is 2.09. The van der Waals surface area contributed by atoms with Crippen LogP contribution < -0.4 is 10.5 Å². The van der Waals surface area contributed by atoms with Gasteiger partial charge < -0.3 is 19.9 Å². The fraction of sp³-hybridized carbons (Fsp3) is 0.600. The van der Waals surface area contributed by atoms with Gasteiger partial charge >= 0.3 is 0 Å². The quantitative estimate of drug-likeness (QED) is 0.801. The molecule has 2 rings (SSSR count). The largest absolute Gasteiger partial charge is 0.490 e. The van der Waals surface area contributed by atoms with Crippen LogP contribution in [0.5, 0.6) is 5.75 Å². The maximum absolute atomic E-state index is 6.21. The van der Waals surface area contributed by atoms with Crippen molar-refractivity contribution in [1.29, 1.82) is 0 Å². The van der Waals surface area contributed by atoms with Gasteiger partial charge in [0.15, 0.2) is 0 Å². The second kappa shape index (κ2) is 6.89. The molecule has 1 aliphatic heterocycles. The average Bonchev–Trinajstić information content (AvgIpc) is 2.41. The monoisotopic (exact) mass is 265 g/mol. The highest BCUT2D eigenvalue weighted by Crippen LogP contribution is 2.31. The predicted molar refractivity (Wildman–Crippen MR) is 74.3 cm³/mol. The van der Waals surface area contributed by atoms with Crippen molar-refractivity contribution >= 4 is 0 Å². The smallest absolute Gasteiger partial charge is 0.124 e. The van der Waals surface area contributed by atoms with Crippen LogP contribution in [0.1, 0.15) is 25.5 Å². The average molecular weight is 265 g/mol. The molecular weight excluding hydrogens is 242 g/mol. The summed E-state index contributed by atoms with van der Waals surface area (Å²) >= 11 is 0. The summed E-state index contributed by atoms with van der Waals surface area (Å²) in [6.45, 7) is 6.67. The third-order valence-corrected chi connectivity index (χ3v) is 3.09. The zero-order valence-corrected chi connectivity index (χ0v) is 11.7. The van der Waals surface area contributed by atoms with E-state index in [9.17, 15) is 0 Å². The van der Waals surface area contributed by atoms with E-state index in [2.05, 4.69) is 13.8 Å². The Morgan fingerprint density at radius 1 is 1.32 bits per heavy atom. The number of rotatable bonds is 6. The first-order chi connectivity index (χ1) is 9.18. The Balaban J connectivity index is 1.77. The summed E-state index contributed by atoms with van der Waals surface area (Å²) in [6.07, 6.45) is -0.0995. The van der Waals surface area contributed by atoms with Gasteiger partial charge in [0.2, 0.25) is 0 Å². The van der Waals surface area contributed by atoms with Gasteiger partial charge in [0.1, 0.15) is 18.5 Å². The van der Waals surface area contributed by atoms with Gasteiger partial charge in [0.05, 0.1) is 19.3 Å². The Morgan fingerprint density at radius 3 is 2.89 bits per heavy atom. The molecular formula is C15H23NO3. The van der Waals surface area contributed by atoms with Crippen molar-refractivity contribution < 1.29 is 14.2 Å². The molecule has 2 N–H and O–H groups in total. The maximum atomic E-state index is 6.21. The van der Waals surface area contributed by atoms with Gasteiger partial charge in [-0.2, -0.15) is 0 Å². The molecule has 1 aromatic rings. The number of fused-ring (bicyclic) bond motifs is 1. The van der Waals surface area contributed by atoms with Crippen molar-refractivity contribution in [2.75, 3.05) is 26.4 Å². The lowest BCUT2D eigenvalue weighted by Gasteiger charge is -2.31. The normalized spacial score (nSPS) is 22.1. The molecule has 19 heavy (non-hydrogen) atoms. The first-order valence-corrected chi connectivity index (χ1v) is 6.85. The zero-order valence-electron chi connectivity index (χ0n) is 11.7.